The first-order valence-corrected chi connectivity index (χ1v) is 4.62. The van der Waals surface area contributed by atoms with Crippen LogP contribution in [0.3, 0.4) is 0 Å². The van der Waals surface area contributed by atoms with Crippen molar-refractivity contribution in [2.45, 2.75) is 6.92 Å². The van der Waals surface area contributed by atoms with E-state index < -0.39 is 0 Å². The van der Waals surface area contributed by atoms with E-state index in [2.05, 4.69) is 10.1 Å². The van der Waals surface area contributed by atoms with Crippen molar-refractivity contribution in [2.75, 3.05) is 26.1 Å². The van der Waals surface area contributed by atoms with Crippen molar-refractivity contribution in [3.8, 4) is 5.75 Å². The van der Waals surface area contributed by atoms with Gasteiger partial charge in [0, 0.05) is 5.69 Å². The summed E-state index contributed by atoms with van der Waals surface area (Å²) in [6.45, 7) is 2.12. The number of aryl methyl sites for hydroxylation is 1. The zero-order valence-electron chi connectivity index (χ0n) is 9.16. The van der Waals surface area contributed by atoms with Crippen LogP contribution in [-0.4, -0.2) is 26.7 Å². The van der Waals surface area contributed by atoms with Gasteiger partial charge in [0.25, 0.3) is 0 Å². The van der Waals surface area contributed by atoms with Gasteiger partial charge in [-0.3, -0.25) is 4.79 Å². The maximum Gasteiger partial charge on any atom is 0.325 e. The highest BCUT2D eigenvalue weighted by Crippen LogP contribution is 2.20. The third-order valence-electron chi connectivity index (χ3n) is 2.08. The van der Waals surface area contributed by atoms with Crippen molar-refractivity contribution >= 4 is 11.7 Å². The molecule has 0 heterocycles. The lowest BCUT2D eigenvalue weighted by molar-refractivity contribution is -0.138. The molecule has 0 saturated carbocycles. The molecule has 0 unspecified atom stereocenters. The largest absolute Gasteiger partial charge is 0.497 e. The summed E-state index contributed by atoms with van der Waals surface area (Å²) < 4.78 is 9.61. The van der Waals surface area contributed by atoms with Crippen molar-refractivity contribution in [1.82, 2.24) is 0 Å². The topological polar surface area (TPSA) is 47.6 Å². The SMILES string of the molecule is COC(=O)CNc1ccc(OC)cc1C. The van der Waals surface area contributed by atoms with E-state index in [1.54, 1.807) is 7.11 Å². The van der Waals surface area contributed by atoms with Crippen LogP contribution in [-0.2, 0) is 9.53 Å². The number of carbonyl (C=O) groups excluding carboxylic acids is 1. The Balaban J connectivity index is 2.66. The Morgan fingerprint density at radius 1 is 1.40 bits per heavy atom. The van der Waals surface area contributed by atoms with Crippen molar-refractivity contribution in [2.24, 2.45) is 0 Å². The monoisotopic (exact) mass is 209 g/mol. The molecule has 15 heavy (non-hydrogen) atoms. The molecule has 1 N–H and O–H groups in total. The van der Waals surface area contributed by atoms with Gasteiger partial charge in [0.05, 0.1) is 14.2 Å². The van der Waals surface area contributed by atoms with E-state index in [4.69, 9.17) is 4.74 Å². The Hall–Kier alpha value is -1.71. The number of ether oxygens (including phenoxy) is 2. The van der Waals surface area contributed by atoms with E-state index in [9.17, 15) is 4.79 Å². The molecule has 4 heteroatoms. The van der Waals surface area contributed by atoms with E-state index in [1.165, 1.54) is 7.11 Å². The van der Waals surface area contributed by atoms with E-state index >= 15 is 0 Å². The van der Waals surface area contributed by atoms with Gasteiger partial charge in [-0.2, -0.15) is 0 Å². The molecule has 0 spiro atoms. The molecular weight excluding hydrogens is 194 g/mol. The Labute approximate surface area is 89.2 Å². The van der Waals surface area contributed by atoms with Gasteiger partial charge in [-0.25, -0.2) is 0 Å². The molecule has 1 rings (SSSR count). The lowest BCUT2D eigenvalue weighted by Crippen LogP contribution is -2.15. The van der Waals surface area contributed by atoms with Crippen LogP contribution in [0.2, 0.25) is 0 Å². The number of esters is 1. The normalized spacial score (nSPS) is 9.53. The minimum atomic E-state index is -0.287. The smallest absolute Gasteiger partial charge is 0.325 e. The van der Waals surface area contributed by atoms with Gasteiger partial charge in [-0.05, 0) is 30.7 Å². The van der Waals surface area contributed by atoms with Gasteiger partial charge in [-0.15, -0.1) is 0 Å². The summed E-state index contributed by atoms with van der Waals surface area (Å²) in [6, 6.07) is 5.61. The lowest BCUT2D eigenvalue weighted by Gasteiger charge is -2.09. The Kier molecular flexibility index (Phi) is 3.97. The van der Waals surface area contributed by atoms with E-state index in [-0.39, 0.29) is 12.5 Å². The summed E-state index contributed by atoms with van der Waals surface area (Å²) in [7, 11) is 2.99. The summed E-state index contributed by atoms with van der Waals surface area (Å²) in [4.78, 5) is 10.9. The Bertz CT molecular complexity index is 350. The van der Waals surface area contributed by atoms with Crippen molar-refractivity contribution in [1.29, 1.82) is 0 Å². The lowest BCUT2D eigenvalue weighted by atomic mass is 10.2. The maximum atomic E-state index is 10.9. The zero-order valence-corrected chi connectivity index (χ0v) is 9.16. The molecule has 0 atom stereocenters. The third-order valence-corrected chi connectivity index (χ3v) is 2.08. The first-order valence-electron chi connectivity index (χ1n) is 4.62. The Morgan fingerprint density at radius 2 is 2.13 bits per heavy atom. The average Bonchev–Trinajstić information content (AvgIpc) is 2.26. The molecule has 1 aromatic rings. The molecular formula is C11H15NO3. The first-order chi connectivity index (χ1) is 7.17. The highest BCUT2D eigenvalue weighted by atomic mass is 16.5. The van der Waals surface area contributed by atoms with Crippen LogP contribution in [0.25, 0.3) is 0 Å². The molecule has 82 valence electrons. The molecule has 0 aliphatic carbocycles. The Morgan fingerprint density at radius 3 is 2.67 bits per heavy atom. The molecule has 0 aliphatic heterocycles. The summed E-state index contributed by atoms with van der Waals surface area (Å²) in [5, 5.41) is 2.98. The van der Waals surface area contributed by atoms with Crippen molar-refractivity contribution in [3.05, 3.63) is 23.8 Å². The molecule has 0 aliphatic rings. The number of hydrogen-bond donors (Lipinski definition) is 1. The number of anilines is 1. The number of nitrogens with one attached hydrogen (secondary N) is 1. The predicted octanol–water partition coefficient (Wildman–Crippen LogP) is 1.59. The van der Waals surface area contributed by atoms with Crippen LogP contribution in [0.4, 0.5) is 5.69 Å². The summed E-state index contributed by atoms with van der Waals surface area (Å²) in [6.07, 6.45) is 0. The molecule has 0 amide bonds. The second kappa shape index (κ2) is 5.24. The van der Waals surface area contributed by atoms with Crippen LogP contribution in [0.5, 0.6) is 5.75 Å². The van der Waals surface area contributed by atoms with Crippen LogP contribution >= 0.6 is 0 Å². The summed E-state index contributed by atoms with van der Waals surface area (Å²) >= 11 is 0. The number of methoxy groups -OCH3 is 2. The third kappa shape index (κ3) is 3.16. The minimum Gasteiger partial charge on any atom is -0.497 e. The maximum absolute atomic E-state index is 10.9. The molecule has 4 nitrogen and oxygen atoms in total. The second-order valence-electron chi connectivity index (χ2n) is 3.11. The summed E-state index contributed by atoms with van der Waals surface area (Å²) in [5.41, 5.74) is 1.93. The second-order valence-corrected chi connectivity index (χ2v) is 3.11. The molecule has 0 radical (unpaired) electrons. The van der Waals surface area contributed by atoms with Crippen LogP contribution < -0.4 is 10.1 Å². The zero-order chi connectivity index (χ0) is 11.3. The molecule has 0 saturated heterocycles. The van der Waals surface area contributed by atoms with Gasteiger partial charge >= 0.3 is 5.97 Å². The fourth-order valence-electron chi connectivity index (χ4n) is 1.20. The standard InChI is InChI=1S/C11H15NO3/c1-8-6-9(14-2)4-5-10(8)12-7-11(13)15-3/h4-6,12H,7H2,1-3H3. The molecule has 0 fully saturated rings. The van der Waals surface area contributed by atoms with Gasteiger partial charge in [0.2, 0.25) is 0 Å². The van der Waals surface area contributed by atoms with Crippen molar-refractivity contribution < 1.29 is 14.3 Å². The highest BCUT2D eigenvalue weighted by Gasteiger charge is 2.03. The number of benzene rings is 1. The van der Waals surface area contributed by atoms with E-state index in [1.807, 2.05) is 25.1 Å². The highest BCUT2D eigenvalue weighted by molar-refractivity contribution is 5.75. The number of hydrogen-bond acceptors (Lipinski definition) is 4. The fourth-order valence-corrected chi connectivity index (χ4v) is 1.20. The van der Waals surface area contributed by atoms with Gasteiger partial charge in [0.15, 0.2) is 0 Å². The summed E-state index contributed by atoms with van der Waals surface area (Å²) in [5.74, 6) is 0.515. The molecule has 1 aromatic carbocycles. The van der Waals surface area contributed by atoms with E-state index in [0.29, 0.717) is 0 Å². The molecule has 0 aromatic heterocycles. The molecule has 0 bridgehead atoms. The van der Waals surface area contributed by atoms with Gasteiger partial charge in [0.1, 0.15) is 12.3 Å². The minimum absolute atomic E-state index is 0.170. The number of rotatable bonds is 4. The quantitative estimate of drug-likeness (QED) is 0.765. The van der Waals surface area contributed by atoms with Crippen LogP contribution in [0.1, 0.15) is 5.56 Å². The van der Waals surface area contributed by atoms with Crippen molar-refractivity contribution in [3.63, 3.8) is 0 Å². The fraction of sp³-hybridized carbons (Fsp3) is 0.364. The predicted molar refractivity (Wildman–Crippen MR) is 58.2 cm³/mol. The van der Waals surface area contributed by atoms with Gasteiger partial charge in [-0.1, -0.05) is 0 Å². The number of carbonyl (C=O) groups is 1. The average molecular weight is 209 g/mol. The van der Waals surface area contributed by atoms with Gasteiger partial charge < -0.3 is 14.8 Å². The van der Waals surface area contributed by atoms with Crippen LogP contribution in [0, 0.1) is 6.92 Å². The first kappa shape index (κ1) is 11.4. The van der Waals surface area contributed by atoms with E-state index in [0.717, 1.165) is 17.0 Å². The van der Waals surface area contributed by atoms with Crippen LogP contribution in [0.15, 0.2) is 18.2 Å².